The summed E-state index contributed by atoms with van der Waals surface area (Å²) < 4.78 is 0. The van der Waals surface area contributed by atoms with E-state index >= 15 is 0 Å². The Labute approximate surface area is 104 Å². The van der Waals surface area contributed by atoms with Gasteiger partial charge in [0, 0.05) is 6.20 Å². The van der Waals surface area contributed by atoms with E-state index in [1.54, 1.807) is 26.1 Å². The van der Waals surface area contributed by atoms with Gasteiger partial charge in [0.15, 0.2) is 5.82 Å². The van der Waals surface area contributed by atoms with Crippen molar-refractivity contribution < 1.29 is 5.11 Å². The Morgan fingerprint density at radius 3 is 2.59 bits per heavy atom. The van der Waals surface area contributed by atoms with E-state index in [1.165, 1.54) is 11.0 Å². The van der Waals surface area contributed by atoms with Gasteiger partial charge in [-0.2, -0.15) is 5.10 Å². The van der Waals surface area contributed by atoms with Crippen molar-refractivity contribution in [3.05, 3.63) is 34.7 Å². The molecule has 2 rings (SSSR count). The number of rotatable bonds is 2. The molecule has 0 radical (unpaired) electrons. The summed E-state index contributed by atoms with van der Waals surface area (Å²) in [5.74, 6) is 0.452. The largest absolute Gasteiger partial charge is 0.384 e. The Balaban J connectivity index is 2.44. The van der Waals surface area contributed by atoms with Gasteiger partial charge in [0.1, 0.15) is 11.3 Å². The highest BCUT2D eigenvalue weighted by molar-refractivity contribution is 6.32. The third-order valence-corrected chi connectivity index (χ3v) is 2.54. The van der Waals surface area contributed by atoms with Crippen molar-refractivity contribution in [1.82, 2.24) is 20.0 Å². The number of aryl methyl sites for hydroxylation is 1. The standard InChI is InChI=1S/C11H13ClN4O/c1-7-4-8(12)10(13-5-7)16-14-6-9(15-16)11(2,3)17/h4-6,17H,1-3H3. The first kappa shape index (κ1) is 12.0. The highest BCUT2D eigenvalue weighted by atomic mass is 35.5. The Hall–Kier alpha value is -1.46. The Bertz CT molecular complexity index is 545. The molecule has 0 aromatic carbocycles. The molecule has 17 heavy (non-hydrogen) atoms. The molecule has 0 atom stereocenters. The zero-order chi connectivity index (χ0) is 12.6. The van der Waals surface area contributed by atoms with Gasteiger partial charge in [0.2, 0.25) is 0 Å². The van der Waals surface area contributed by atoms with Gasteiger partial charge < -0.3 is 5.11 Å². The van der Waals surface area contributed by atoms with Gasteiger partial charge in [-0.1, -0.05) is 11.6 Å². The van der Waals surface area contributed by atoms with Gasteiger partial charge in [-0.05, 0) is 32.4 Å². The fourth-order valence-corrected chi connectivity index (χ4v) is 1.62. The van der Waals surface area contributed by atoms with Crippen LogP contribution in [0.2, 0.25) is 5.02 Å². The summed E-state index contributed by atoms with van der Waals surface area (Å²) >= 11 is 6.06. The third-order valence-electron chi connectivity index (χ3n) is 2.27. The Morgan fingerprint density at radius 2 is 2.06 bits per heavy atom. The summed E-state index contributed by atoms with van der Waals surface area (Å²) in [5.41, 5.74) is 0.402. The van der Waals surface area contributed by atoms with Crippen molar-refractivity contribution in [2.75, 3.05) is 0 Å². The zero-order valence-electron chi connectivity index (χ0n) is 9.85. The van der Waals surface area contributed by atoms with E-state index in [0.717, 1.165) is 5.56 Å². The molecule has 0 aliphatic rings. The Kier molecular flexibility index (Phi) is 2.89. The molecule has 2 aromatic rings. The van der Waals surface area contributed by atoms with Crippen molar-refractivity contribution in [1.29, 1.82) is 0 Å². The lowest BCUT2D eigenvalue weighted by Crippen LogP contribution is -2.16. The van der Waals surface area contributed by atoms with Crippen LogP contribution in [0.1, 0.15) is 25.1 Å². The van der Waals surface area contributed by atoms with E-state index < -0.39 is 5.60 Å². The maximum Gasteiger partial charge on any atom is 0.193 e. The van der Waals surface area contributed by atoms with Crippen LogP contribution in [0.5, 0.6) is 0 Å². The minimum Gasteiger partial charge on any atom is -0.384 e. The highest BCUT2D eigenvalue weighted by Gasteiger charge is 2.21. The van der Waals surface area contributed by atoms with E-state index in [4.69, 9.17) is 11.6 Å². The molecule has 0 spiro atoms. The van der Waals surface area contributed by atoms with Crippen LogP contribution in [0.3, 0.4) is 0 Å². The maximum absolute atomic E-state index is 9.79. The summed E-state index contributed by atoms with van der Waals surface area (Å²) in [6, 6.07) is 1.79. The smallest absolute Gasteiger partial charge is 0.193 e. The summed E-state index contributed by atoms with van der Waals surface area (Å²) in [5, 5.41) is 18.5. The second-order valence-electron chi connectivity index (χ2n) is 4.40. The normalized spacial score (nSPS) is 11.8. The van der Waals surface area contributed by atoms with E-state index in [2.05, 4.69) is 15.2 Å². The van der Waals surface area contributed by atoms with Gasteiger partial charge in [-0.25, -0.2) is 4.98 Å². The van der Waals surface area contributed by atoms with Crippen LogP contribution in [0, 0.1) is 6.92 Å². The number of hydrogen-bond acceptors (Lipinski definition) is 4. The zero-order valence-corrected chi connectivity index (χ0v) is 10.6. The van der Waals surface area contributed by atoms with E-state index in [9.17, 15) is 5.11 Å². The molecular weight excluding hydrogens is 240 g/mol. The lowest BCUT2D eigenvalue weighted by molar-refractivity contribution is 0.0734. The number of nitrogens with zero attached hydrogens (tertiary/aromatic N) is 4. The first-order valence-corrected chi connectivity index (χ1v) is 5.53. The van der Waals surface area contributed by atoms with E-state index in [1.807, 2.05) is 6.92 Å². The maximum atomic E-state index is 9.79. The van der Waals surface area contributed by atoms with Crippen molar-refractivity contribution >= 4 is 11.6 Å². The van der Waals surface area contributed by atoms with Crippen LogP contribution in [0.25, 0.3) is 5.82 Å². The average Bonchev–Trinajstić information content (AvgIpc) is 2.65. The third kappa shape index (κ3) is 2.45. The molecule has 0 saturated heterocycles. The fraction of sp³-hybridized carbons (Fsp3) is 0.364. The summed E-state index contributed by atoms with van der Waals surface area (Å²) in [6.45, 7) is 5.19. The number of halogens is 1. The molecule has 5 nitrogen and oxygen atoms in total. The SMILES string of the molecule is Cc1cnc(-n2ncc(C(C)(C)O)n2)c(Cl)c1. The van der Waals surface area contributed by atoms with Crippen molar-refractivity contribution in [3.63, 3.8) is 0 Å². The molecule has 1 N–H and O–H groups in total. The quantitative estimate of drug-likeness (QED) is 0.886. The second-order valence-corrected chi connectivity index (χ2v) is 4.80. The summed E-state index contributed by atoms with van der Waals surface area (Å²) in [4.78, 5) is 5.48. The molecule has 0 amide bonds. The molecule has 0 fully saturated rings. The summed E-state index contributed by atoms with van der Waals surface area (Å²) in [6.07, 6.45) is 3.19. The fourth-order valence-electron chi connectivity index (χ4n) is 1.32. The second kappa shape index (κ2) is 4.09. The molecule has 0 unspecified atom stereocenters. The molecule has 2 aromatic heterocycles. The number of aliphatic hydroxyl groups is 1. The number of hydrogen-bond donors (Lipinski definition) is 1. The molecule has 0 aliphatic heterocycles. The number of pyridine rings is 1. The van der Waals surface area contributed by atoms with Crippen LogP contribution < -0.4 is 0 Å². The molecule has 2 heterocycles. The van der Waals surface area contributed by atoms with Crippen molar-refractivity contribution in [2.24, 2.45) is 0 Å². The lowest BCUT2D eigenvalue weighted by atomic mass is 10.1. The first-order chi connectivity index (χ1) is 7.88. The molecular formula is C11H13ClN4O. The van der Waals surface area contributed by atoms with Crippen LogP contribution >= 0.6 is 11.6 Å². The van der Waals surface area contributed by atoms with Gasteiger partial charge >= 0.3 is 0 Å². The van der Waals surface area contributed by atoms with Crippen LogP contribution in [-0.4, -0.2) is 25.1 Å². The Morgan fingerprint density at radius 1 is 1.35 bits per heavy atom. The molecule has 90 valence electrons. The molecule has 0 bridgehead atoms. The molecule has 0 aliphatic carbocycles. The van der Waals surface area contributed by atoms with Crippen LogP contribution in [0.15, 0.2) is 18.5 Å². The predicted molar refractivity (Wildman–Crippen MR) is 64.1 cm³/mol. The van der Waals surface area contributed by atoms with Crippen LogP contribution in [-0.2, 0) is 5.60 Å². The topological polar surface area (TPSA) is 63.8 Å². The average molecular weight is 253 g/mol. The predicted octanol–water partition coefficient (Wildman–Crippen LogP) is 1.85. The van der Waals surface area contributed by atoms with E-state index in [0.29, 0.717) is 16.5 Å². The summed E-state index contributed by atoms with van der Waals surface area (Å²) in [7, 11) is 0. The van der Waals surface area contributed by atoms with E-state index in [-0.39, 0.29) is 0 Å². The van der Waals surface area contributed by atoms with Gasteiger partial charge in [0.05, 0.1) is 11.2 Å². The van der Waals surface area contributed by atoms with Gasteiger partial charge in [0.25, 0.3) is 0 Å². The van der Waals surface area contributed by atoms with Crippen molar-refractivity contribution in [2.45, 2.75) is 26.4 Å². The minimum absolute atomic E-state index is 0.452. The van der Waals surface area contributed by atoms with Crippen molar-refractivity contribution in [3.8, 4) is 5.82 Å². The molecule has 6 heteroatoms. The van der Waals surface area contributed by atoms with Crippen LogP contribution in [0.4, 0.5) is 0 Å². The monoisotopic (exact) mass is 252 g/mol. The van der Waals surface area contributed by atoms with Gasteiger partial charge in [-0.3, -0.25) is 0 Å². The first-order valence-electron chi connectivity index (χ1n) is 5.15. The highest BCUT2D eigenvalue weighted by Crippen LogP contribution is 2.20. The number of aromatic nitrogens is 4. The molecule has 0 saturated carbocycles. The van der Waals surface area contributed by atoms with Gasteiger partial charge in [-0.15, -0.1) is 9.90 Å². The minimum atomic E-state index is -1.03. The lowest BCUT2D eigenvalue weighted by Gasteiger charge is -2.12.